The Bertz CT molecular complexity index is 365. The van der Waals surface area contributed by atoms with E-state index in [1.807, 2.05) is 22.6 Å². The molecule has 1 rings (SSSR count). The highest BCUT2D eigenvalue weighted by Gasteiger charge is 2.38. The van der Waals surface area contributed by atoms with Gasteiger partial charge in [0.15, 0.2) is 0 Å². The minimum absolute atomic E-state index is 0. The molecule has 0 aromatic heterocycles. The smallest absolute Gasteiger partial charge is 0.289 e. The largest absolute Gasteiger partial charge is 0.390 e. The summed E-state index contributed by atoms with van der Waals surface area (Å²) in [5.74, 6) is -4.32. The fourth-order valence-corrected chi connectivity index (χ4v) is 1.59. The lowest BCUT2D eigenvalue weighted by Gasteiger charge is -2.22. The van der Waals surface area contributed by atoms with Gasteiger partial charge in [-0.25, -0.2) is 13.2 Å². The zero-order valence-electron chi connectivity index (χ0n) is 7.96. The molecule has 3 N–H and O–H groups in total. The van der Waals surface area contributed by atoms with Crippen molar-refractivity contribution in [3.05, 3.63) is 33.1 Å². The molecule has 0 unspecified atom stereocenters. The van der Waals surface area contributed by atoms with Gasteiger partial charge < -0.3 is 10.8 Å². The summed E-state index contributed by atoms with van der Waals surface area (Å²) in [5, 5.41) is 8.43. The van der Waals surface area contributed by atoms with Crippen molar-refractivity contribution in [2.45, 2.75) is 12.0 Å². The van der Waals surface area contributed by atoms with E-state index in [1.165, 1.54) is 12.1 Å². The lowest BCUT2D eigenvalue weighted by Crippen LogP contribution is -2.36. The first-order chi connectivity index (χ1) is 6.88. The van der Waals surface area contributed by atoms with Crippen LogP contribution in [0.2, 0.25) is 0 Å². The van der Waals surface area contributed by atoms with Crippen LogP contribution < -0.4 is 5.73 Å². The molecule has 0 aliphatic heterocycles. The zero-order valence-corrected chi connectivity index (χ0v) is 10.9. The fourth-order valence-electron chi connectivity index (χ4n) is 1.08. The van der Waals surface area contributed by atoms with Gasteiger partial charge in [0, 0.05) is 9.13 Å². The van der Waals surface area contributed by atoms with Crippen molar-refractivity contribution in [2.75, 3.05) is 6.61 Å². The van der Waals surface area contributed by atoms with E-state index in [4.69, 9.17) is 10.8 Å². The molecule has 16 heavy (non-hydrogen) atoms. The van der Waals surface area contributed by atoms with Gasteiger partial charge in [0.05, 0.1) is 6.04 Å². The highest BCUT2D eigenvalue weighted by Crippen LogP contribution is 2.30. The molecule has 1 aromatic carbocycles. The summed E-state index contributed by atoms with van der Waals surface area (Å²) >= 11 is 1.87. The van der Waals surface area contributed by atoms with Crippen molar-refractivity contribution in [1.29, 1.82) is 0 Å². The standard InChI is InChI=1S/C9H9F3INO.ClH/c10-7-2-1-5(13)3-6(7)8(14)9(11,12)4-15;/h1-3,8,15H,4,14H2;1H/t8-;/m1./s1. The molecular formula is C9H10ClF3INO. The van der Waals surface area contributed by atoms with Crippen molar-refractivity contribution < 1.29 is 18.3 Å². The van der Waals surface area contributed by atoms with Gasteiger partial charge >= 0.3 is 0 Å². The summed E-state index contributed by atoms with van der Waals surface area (Å²) in [5.41, 5.74) is 4.91. The predicted molar refractivity (Wildman–Crippen MR) is 65.3 cm³/mol. The summed E-state index contributed by atoms with van der Waals surface area (Å²) in [7, 11) is 0. The maximum Gasteiger partial charge on any atom is 0.289 e. The van der Waals surface area contributed by atoms with Crippen LogP contribution in [0, 0.1) is 9.39 Å². The maximum absolute atomic E-state index is 13.2. The number of alkyl halides is 2. The normalized spacial score (nSPS) is 13.1. The summed E-state index contributed by atoms with van der Waals surface area (Å²) in [6.07, 6.45) is 0. The lowest BCUT2D eigenvalue weighted by atomic mass is 10.0. The van der Waals surface area contributed by atoms with Gasteiger partial charge in [0.2, 0.25) is 0 Å². The minimum Gasteiger partial charge on any atom is -0.390 e. The maximum atomic E-state index is 13.2. The van der Waals surface area contributed by atoms with Crippen molar-refractivity contribution >= 4 is 35.0 Å². The highest BCUT2D eigenvalue weighted by atomic mass is 127. The summed E-state index contributed by atoms with van der Waals surface area (Å²) < 4.78 is 39.8. The van der Waals surface area contributed by atoms with E-state index in [2.05, 4.69) is 0 Å². The second-order valence-corrected chi connectivity index (χ2v) is 4.31. The van der Waals surface area contributed by atoms with Gasteiger partial charge in [-0.05, 0) is 40.8 Å². The molecule has 0 bridgehead atoms. The molecule has 0 spiro atoms. The van der Waals surface area contributed by atoms with Gasteiger partial charge in [-0.1, -0.05) is 0 Å². The third-order valence-corrected chi connectivity index (χ3v) is 2.63. The number of hydrogen-bond donors (Lipinski definition) is 2. The molecule has 1 atom stereocenters. The van der Waals surface area contributed by atoms with Crippen molar-refractivity contribution in [1.82, 2.24) is 0 Å². The third kappa shape index (κ3) is 3.47. The summed E-state index contributed by atoms with van der Waals surface area (Å²) in [4.78, 5) is 0. The summed E-state index contributed by atoms with van der Waals surface area (Å²) in [6.45, 7) is -1.40. The van der Waals surface area contributed by atoms with Gasteiger partial charge in [-0.2, -0.15) is 0 Å². The number of benzene rings is 1. The molecule has 2 nitrogen and oxygen atoms in total. The number of aliphatic hydroxyl groups excluding tert-OH is 1. The first kappa shape index (κ1) is 16.0. The average Bonchev–Trinajstić information content (AvgIpc) is 2.20. The molecule has 0 fully saturated rings. The van der Waals surface area contributed by atoms with Crippen LogP contribution in [-0.2, 0) is 0 Å². The van der Waals surface area contributed by atoms with E-state index >= 15 is 0 Å². The Hall–Kier alpha value is -0.0500. The van der Waals surface area contributed by atoms with E-state index in [9.17, 15) is 13.2 Å². The minimum atomic E-state index is -3.52. The molecule has 0 amide bonds. The van der Waals surface area contributed by atoms with E-state index < -0.39 is 24.4 Å². The molecule has 1 aromatic rings. The fraction of sp³-hybridized carbons (Fsp3) is 0.333. The molecule has 0 heterocycles. The van der Waals surface area contributed by atoms with E-state index in [0.717, 1.165) is 6.07 Å². The van der Waals surface area contributed by atoms with Crippen LogP contribution in [0.3, 0.4) is 0 Å². The Labute approximate surface area is 111 Å². The molecule has 0 aliphatic carbocycles. The Balaban J connectivity index is 0.00000225. The van der Waals surface area contributed by atoms with Crippen LogP contribution in [0.4, 0.5) is 13.2 Å². The second-order valence-electron chi connectivity index (χ2n) is 3.06. The Morgan fingerprint density at radius 3 is 2.50 bits per heavy atom. The first-order valence-corrected chi connectivity index (χ1v) is 5.15. The second kappa shape index (κ2) is 6.04. The molecule has 0 saturated heterocycles. The topological polar surface area (TPSA) is 46.2 Å². The van der Waals surface area contributed by atoms with Crippen molar-refractivity contribution in [2.24, 2.45) is 5.73 Å². The first-order valence-electron chi connectivity index (χ1n) is 4.07. The molecule has 0 saturated carbocycles. The van der Waals surface area contributed by atoms with Crippen LogP contribution in [0.15, 0.2) is 18.2 Å². The quantitative estimate of drug-likeness (QED) is 0.807. The average molecular weight is 368 g/mol. The third-order valence-electron chi connectivity index (χ3n) is 1.96. The molecule has 92 valence electrons. The molecule has 0 aliphatic rings. The van der Waals surface area contributed by atoms with Crippen LogP contribution in [0.1, 0.15) is 11.6 Å². The van der Waals surface area contributed by atoms with Gasteiger partial charge in [0.1, 0.15) is 12.4 Å². The van der Waals surface area contributed by atoms with Gasteiger partial charge in [-0.15, -0.1) is 12.4 Å². The van der Waals surface area contributed by atoms with E-state index in [-0.39, 0.29) is 18.0 Å². The SMILES string of the molecule is Cl.N[C@H](c1cc(I)ccc1F)C(F)(F)CO. The zero-order chi connectivity index (χ0) is 11.6. The molecule has 7 heteroatoms. The number of nitrogens with two attached hydrogens (primary N) is 1. The Morgan fingerprint density at radius 1 is 1.44 bits per heavy atom. The monoisotopic (exact) mass is 367 g/mol. The van der Waals surface area contributed by atoms with Gasteiger partial charge in [-0.3, -0.25) is 0 Å². The lowest BCUT2D eigenvalue weighted by molar-refractivity contribution is -0.0718. The van der Waals surface area contributed by atoms with Gasteiger partial charge in [0.25, 0.3) is 5.92 Å². The number of halogens is 5. The molecule has 0 radical (unpaired) electrons. The van der Waals surface area contributed by atoms with Crippen LogP contribution in [0.25, 0.3) is 0 Å². The summed E-state index contributed by atoms with van der Waals surface area (Å²) in [6, 6.07) is 1.93. The van der Waals surface area contributed by atoms with E-state index in [1.54, 1.807) is 0 Å². The van der Waals surface area contributed by atoms with Crippen molar-refractivity contribution in [3.8, 4) is 0 Å². The van der Waals surface area contributed by atoms with E-state index in [0.29, 0.717) is 3.57 Å². The van der Waals surface area contributed by atoms with Crippen LogP contribution >= 0.6 is 35.0 Å². The highest BCUT2D eigenvalue weighted by molar-refractivity contribution is 14.1. The van der Waals surface area contributed by atoms with Crippen LogP contribution in [-0.4, -0.2) is 17.6 Å². The number of rotatable bonds is 3. The van der Waals surface area contributed by atoms with Crippen molar-refractivity contribution in [3.63, 3.8) is 0 Å². The Kier molecular flexibility index (Phi) is 6.02. The predicted octanol–water partition coefficient (Wildman–Crippen LogP) is 2.48. The van der Waals surface area contributed by atoms with Crippen LogP contribution in [0.5, 0.6) is 0 Å². The Morgan fingerprint density at radius 2 is 2.00 bits per heavy atom. The number of aliphatic hydroxyl groups is 1. The number of hydrogen-bond acceptors (Lipinski definition) is 2. The molecular weight excluding hydrogens is 357 g/mol.